The number of anilines is 2. The maximum atomic E-state index is 14.7. The van der Waals surface area contributed by atoms with Crippen molar-refractivity contribution in [3.05, 3.63) is 100 Å². The van der Waals surface area contributed by atoms with Crippen molar-refractivity contribution in [2.45, 2.75) is 14.0 Å². The van der Waals surface area contributed by atoms with Crippen LogP contribution in [0.3, 0.4) is 0 Å². The molecule has 1 aromatic heterocycles. The summed E-state index contributed by atoms with van der Waals surface area (Å²) in [6.07, 6.45) is 1.64. The van der Waals surface area contributed by atoms with Gasteiger partial charge in [0, 0.05) is 33.6 Å². The fraction of sp³-hybridized carbons (Fsp3) is 0.0769. The average molecular weight is 506 g/mol. The number of aliphatic imine (C=N–C) groups is 2. The molecule has 1 aliphatic heterocycles. The van der Waals surface area contributed by atoms with Gasteiger partial charge < -0.3 is 16.8 Å². The van der Waals surface area contributed by atoms with Gasteiger partial charge in [-0.3, -0.25) is 4.99 Å². The van der Waals surface area contributed by atoms with Crippen LogP contribution in [0.25, 0.3) is 11.3 Å². The Bertz CT molecular complexity index is 1480. The lowest BCUT2D eigenvalue weighted by Gasteiger charge is -2.13. The van der Waals surface area contributed by atoms with Crippen molar-refractivity contribution in [1.29, 1.82) is 0 Å². The van der Waals surface area contributed by atoms with Gasteiger partial charge in [-0.15, -0.1) is 0 Å². The monoisotopic (exact) mass is 505 g/mol. The van der Waals surface area contributed by atoms with E-state index in [1.165, 1.54) is 18.2 Å². The molecule has 0 bridgehead atoms. The van der Waals surface area contributed by atoms with E-state index in [4.69, 9.17) is 23.1 Å². The van der Waals surface area contributed by atoms with Crippen LogP contribution in [0.2, 0.25) is 5.02 Å². The Morgan fingerprint density at radius 1 is 0.972 bits per heavy atom. The van der Waals surface area contributed by atoms with Crippen LogP contribution in [-0.4, -0.2) is 21.6 Å². The molecule has 0 atom stereocenters. The minimum absolute atomic E-state index is 0. The van der Waals surface area contributed by atoms with Gasteiger partial charge in [-0.1, -0.05) is 31.2 Å². The summed E-state index contributed by atoms with van der Waals surface area (Å²) >= 11 is 6.26. The third kappa shape index (κ3) is 4.87. The summed E-state index contributed by atoms with van der Waals surface area (Å²) in [5.41, 5.74) is 14.5. The number of hydrogen-bond donors (Lipinski definition) is 3. The first kappa shape index (κ1) is 24.7. The second-order valence-corrected chi connectivity index (χ2v) is 8.16. The van der Waals surface area contributed by atoms with Gasteiger partial charge in [-0.25, -0.2) is 23.7 Å². The Labute approximate surface area is 211 Å². The molecular weight excluding hydrogens is 484 g/mol. The molecule has 0 radical (unpaired) electrons. The van der Waals surface area contributed by atoms with Gasteiger partial charge in [0.2, 0.25) is 5.95 Å². The van der Waals surface area contributed by atoms with Crippen LogP contribution in [-0.2, 0) is 6.54 Å². The molecule has 36 heavy (non-hydrogen) atoms. The van der Waals surface area contributed by atoms with E-state index in [0.29, 0.717) is 39.0 Å². The number of halogens is 3. The third-order valence-electron chi connectivity index (χ3n) is 5.35. The molecule has 0 amide bonds. The Morgan fingerprint density at radius 3 is 2.39 bits per heavy atom. The van der Waals surface area contributed by atoms with E-state index in [-0.39, 0.29) is 31.2 Å². The third-order valence-corrected chi connectivity index (χ3v) is 5.58. The predicted molar refractivity (Wildman–Crippen MR) is 140 cm³/mol. The standard InChI is InChI=1S/C25H18ClF2N7.CH4/c26-14-4-9-17-18(10-14)23(21-19(27)2-1-3-20(21)28)31-11-13-12-32-25(35-22(13)17)34-16-7-5-15(6-8-16)33-24(29)30;/h1-10,12H,11H2,(H4,29,30,33)(H,32,34,35);1H4. The molecular formula is C26H22ClF2N7. The van der Waals surface area contributed by atoms with Crippen molar-refractivity contribution in [2.24, 2.45) is 21.5 Å². The van der Waals surface area contributed by atoms with E-state index in [0.717, 1.165) is 5.69 Å². The molecule has 0 spiro atoms. The smallest absolute Gasteiger partial charge is 0.227 e. The van der Waals surface area contributed by atoms with Crippen LogP contribution in [0.5, 0.6) is 0 Å². The van der Waals surface area contributed by atoms with Crippen LogP contribution in [0.1, 0.15) is 24.1 Å². The molecule has 0 fully saturated rings. The van der Waals surface area contributed by atoms with Crippen LogP contribution in [0.4, 0.5) is 26.1 Å². The number of nitrogens with one attached hydrogen (secondary N) is 1. The highest BCUT2D eigenvalue weighted by Crippen LogP contribution is 2.34. The van der Waals surface area contributed by atoms with Gasteiger partial charge in [-0.05, 0) is 48.5 Å². The average Bonchev–Trinajstić information content (AvgIpc) is 2.97. The molecule has 2 heterocycles. The van der Waals surface area contributed by atoms with E-state index in [1.807, 2.05) is 0 Å². The molecule has 5 rings (SSSR count). The first-order valence-electron chi connectivity index (χ1n) is 10.5. The van der Waals surface area contributed by atoms with Crippen molar-refractivity contribution in [3.8, 4) is 11.3 Å². The molecule has 4 aromatic rings. The largest absolute Gasteiger partial charge is 0.370 e. The van der Waals surface area contributed by atoms with Crippen LogP contribution in [0, 0.1) is 11.6 Å². The Kier molecular flexibility index (Phi) is 6.93. The molecule has 182 valence electrons. The lowest BCUT2D eigenvalue weighted by atomic mass is 9.95. The summed E-state index contributed by atoms with van der Waals surface area (Å²) in [6.45, 7) is 0.137. The van der Waals surface area contributed by atoms with Crippen LogP contribution < -0.4 is 16.8 Å². The zero-order valence-electron chi connectivity index (χ0n) is 18.1. The van der Waals surface area contributed by atoms with E-state index in [2.05, 4.69) is 25.3 Å². The molecule has 0 saturated carbocycles. The maximum Gasteiger partial charge on any atom is 0.227 e. The summed E-state index contributed by atoms with van der Waals surface area (Å²) < 4.78 is 29.4. The van der Waals surface area contributed by atoms with Gasteiger partial charge in [-0.2, -0.15) is 0 Å². The number of guanidine groups is 1. The molecule has 1 aliphatic rings. The molecule has 0 unspecified atom stereocenters. The van der Waals surface area contributed by atoms with Gasteiger partial charge in [0.05, 0.1) is 29.2 Å². The summed E-state index contributed by atoms with van der Waals surface area (Å²) in [6, 6.07) is 15.9. The van der Waals surface area contributed by atoms with E-state index >= 15 is 0 Å². The topological polar surface area (TPSA) is 115 Å². The van der Waals surface area contributed by atoms with Crippen LogP contribution in [0.15, 0.2) is 76.8 Å². The molecule has 10 heteroatoms. The molecule has 0 aliphatic carbocycles. The van der Waals surface area contributed by atoms with E-state index < -0.39 is 11.6 Å². The number of hydrogen-bond acceptors (Lipinski definition) is 5. The van der Waals surface area contributed by atoms with Crippen molar-refractivity contribution in [3.63, 3.8) is 0 Å². The maximum absolute atomic E-state index is 14.7. The highest BCUT2D eigenvalue weighted by molar-refractivity contribution is 6.31. The Morgan fingerprint density at radius 2 is 1.69 bits per heavy atom. The predicted octanol–water partition coefficient (Wildman–Crippen LogP) is 5.71. The van der Waals surface area contributed by atoms with Crippen molar-refractivity contribution in [2.75, 3.05) is 5.32 Å². The second-order valence-electron chi connectivity index (χ2n) is 7.73. The highest BCUT2D eigenvalue weighted by atomic mass is 35.5. The molecule has 3 aromatic carbocycles. The number of nitrogens with two attached hydrogens (primary N) is 2. The summed E-state index contributed by atoms with van der Waals surface area (Å²) in [5.74, 6) is -1.12. The first-order chi connectivity index (χ1) is 16.9. The zero-order chi connectivity index (χ0) is 24.5. The zero-order valence-corrected chi connectivity index (χ0v) is 18.9. The Balaban J connectivity index is 0.00000304. The first-order valence-corrected chi connectivity index (χ1v) is 10.9. The van der Waals surface area contributed by atoms with E-state index in [9.17, 15) is 8.78 Å². The van der Waals surface area contributed by atoms with Crippen molar-refractivity contribution in [1.82, 2.24) is 9.97 Å². The number of fused-ring (bicyclic) bond motifs is 3. The van der Waals surface area contributed by atoms with Crippen molar-refractivity contribution < 1.29 is 8.78 Å². The highest BCUT2D eigenvalue weighted by Gasteiger charge is 2.25. The van der Waals surface area contributed by atoms with Gasteiger partial charge in [0.15, 0.2) is 5.96 Å². The summed E-state index contributed by atoms with van der Waals surface area (Å²) in [7, 11) is 0. The van der Waals surface area contributed by atoms with Crippen molar-refractivity contribution >= 4 is 40.6 Å². The Hall–Kier alpha value is -4.37. The van der Waals surface area contributed by atoms with Crippen LogP contribution >= 0.6 is 11.6 Å². The number of aromatic nitrogens is 2. The molecule has 7 nitrogen and oxygen atoms in total. The summed E-state index contributed by atoms with van der Waals surface area (Å²) in [5, 5.41) is 3.55. The fourth-order valence-electron chi connectivity index (χ4n) is 3.82. The molecule has 0 saturated heterocycles. The van der Waals surface area contributed by atoms with E-state index in [1.54, 1.807) is 48.7 Å². The van der Waals surface area contributed by atoms with Gasteiger partial charge in [0.25, 0.3) is 0 Å². The molecule has 5 N–H and O–H groups in total. The number of nitrogens with zero attached hydrogens (tertiary/aromatic N) is 4. The fourth-order valence-corrected chi connectivity index (χ4v) is 3.99. The number of rotatable bonds is 4. The van der Waals surface area contributed by atoms with Gasteiger partial charge in [0.1, 0.15) is 11.6 Å². The number of benzene rings is 3. The lowest BCUT2D eigenvalue weighted by Crippen LogP contribution is -2.21. The quantitative estimate of drug-likeness (QED) is 0.243. The SMILES string of the molecule is C.NC(N)=Nc1ccc(Nc2ncc3c(n2)-c2ccc(Cl)cc2C(c2c(F)cccc2F)=NC3)cc1. The van der Waals surface area contributed by atoms with Gasteiger partial charge >= 0.3 is 0 Å². The minimum Gasteiger partial charge on any atom is -0.370 e. The summed E-state index contributed by atoms with van der Waals surface area (Å²) in [4.78, 5) is 17.6. The lowest BCUT2D eigenvalue weighted by molar-refractivity contribution is 0.579. The second kappa shape index (κ2) is 10.1. The normalized spacial score (nSPS) is 11.8. The minimum atomic E-state index is -0.710.